The maximum absolute atomic E-state index is 14.0. The van der Waals surface area contributed by atoms with Gasteiger partial charge in [-0.1, -0.05) is 25.4 Å². The first kappa shape index (κ1) is 30.5. The standard InChI is InChI=1S/C24H30ClF3N4O6S/c1-7-30-12-19(20(25)29-30)39(36,37)32-14(2)18(11-22(3,4)13-33)38-17-9-8-15(10-16(17)32)31(21(34)35)23(5,6)24(26,27)28/h8-10,12-14,18H,7,11H2,1-6H3,(H,34,35)/p-1/t14-,18-/m0/s1. The number of fused-ring (bicyclic) bond motifs is 1. The molecule has 0 spiro atoms. The number of amides is 1. The smallest absolute Gasteiger partial charge is 0.411 e. The summed E-state index contributed by atoms with van der Waals surface area (Å²) in [5, 5.41) is 15.6. The van der Waals surface area contributed by atoms with Gasteiger partial charge < -0.3 is 24.3 Å². The molecule has 15 heteroatoms. The van der Waals surface area contributed by atoms with Crippen LogP contribution in [0.1, 0.15) is 48.0 Å². The molecule has 3 rings (SSSR count). The highest BCUT2D eigenvalue weighted by atomic mass is 35.5. The Bertz CT molecular complexity index is 1380. The van der Waals surface area contributed by atoms with Crippen molar-refractivity contribution in [2.24, 2.45) is 5.41 Å². The van der Waals surface area contributed by atoms with Crippen LogP contribution >= 0.6 is 11.6 Å². The number of carbonyl (C=O) groups is 2. The minimum atomic E-state index is -4.99. The first-order valence-corrected chi connectivity index (χ1v) is 13.7. The summed E-state index contributed by atoms with van der Waals surface area (Å²) in [4.78, 5) is 23.2. The van der Waals surface area contributed by atoms with Gasteiger partial charge >= 0.3 is 6.18 Å². The van der Waals surface area contributed by atoms with Crippen LogP contribution in [-0.4, -0.2) is 54.4 Å². The van der Waals surface area contributed by atoms with Crippen LogP contribution in [0.15, 0.2) is 29.3 Å². The van der Waals surface area contributed by atoms with Crippen molar-refractivity contribution < 1.29 is 41.0 Å². The molecule has 39 heavy (non-hydrogen) atoms. The van der Waals surface area contributed by atoms with Gasteiger partial charge in [-0.15, -0.1) is 0 Å². The SMILES string of the molecule is CCn1cc(S(=O)(=O)N2c3cc(N(C(=O)[O-])C(C)(C)C(F)(F)F)ccc3O[C@@H](CC(C)(C)C=O)[C@@H]2C)c(Cl)n1. The Hall–Kier alpha value is -3.00. The Morgan fingerprint density at radius 2 is 1.87 bits per heavy atom. The maximum Gasteiger partial charge on any atom is 0.411 e. The second-order valence-corrected chi connectivity index (χ2v) is 12.6. The zero-order chi connectivity index (χ0) is 29.7. The Kier molecular flexibility index (Phi) is 7.98. The number of carboxylic acid groups (broad SMARTS) is 1. The van der Waals surface area contributed by atoms with Crippen molar-refractivity contribution in [3.8, 4) is 5.75 Å². The zero-order valence-corrected chi connectivity index (χ0v) is 23.7. The number of sulfonamides is 1. The zero-order valence-electron chi connectivity index (χ0n) is 22.1. The molecule has 0 bridgehead atoms. The number of ether oxygens (including phenoxy) is 1. The molecular weight excluding hydrogens is 565 g/mol. The number of rotatable bonds is 8. The molecule has 1 aliphatic rings. The molecule has 216 valence electrons. The van der Waals surface area contributed by atoms with E-state index in [1.165, 1.54) is 23.9 Å². The number of halogens is 4. The van der Waals surface area contributed by atoms with E-state index < -0.39 is 51.1 Å². The van der Waals surface area contributed by atoms with Crippen LogP contribution in [0.5, 0.6) is 5.75 Å². The van der Waals surface area contributed by atoms with Gasteiger partial charge in [0.05, 0.1) is 11.7 Å². The van der Waals surface area contributed by atoms with E-state index in [1.807, 2.05) is 0 Å². The third kappa shape index (κ3) is 5.53. The van der Waals surface area contributed by atoms with Gasteiger partial charge in [-0.25, -0.2) is 8.42 Å². The van der Waals surface area contributed by atoms with E-state index in [-0.39, 0.29) is 32.8 Å². The number of carbonyl (C=O) groups excluding carboxylic acids is 2. The van der Waals surface area contributed by atoms with Gasteiger partial charge in [-0.05, 0) is 52.3 Å². The third-order valence-corrected chi connectivity index (χ3v) is 8.95. The van der Waals surface area contributed by atoms with Gasteiger partial charge in [0.2, 0.25) is 0 Å². The second kappa shape index (κ2) is 10.2. The predicted octanol–water partition coefficient (Wildman–Crippen LogP) is 4.01. The van der Waals surface area contributed by atoms with Gasteiger partial charge in [-0.2, -0.15) is 18.3 Å². The molecule has 0 fully saturated rings. The Balaban J connectivity index is 2.27. The quantitative estimate of drug-likeness (QED) is 0.424. The predicted molar refractivity (Wildman–Crippen MR) is 135 cm³/mol. The molecule has 1 amide bonds. The number of anilines is 2. The van der Waals surface area contributed by atoms with Crippen molar-refractivity contribution in [3.63, 3.8) is 0 Å². The van der Waals surface area contributed by atoms with Gasteiger partial charge in [0, 0.05) is 23.8 Å². The van der Waals surface area contributed by atoms with E-state index in [1.54, 1.807) is 20.8 Å². The summed E-state index contributed by atoms with van der Waals surface area (Å²) in [6, 6.07) is 2.23. The fourth-order valence-electron chi connectivity index (χ4n) is 4.28. The Morgan fingerprint density at radius 3 is 2.36 bits per heavy atom. The third-order valence-electron chi connectivity index (χ3n) is 6.65. The number of hydrogen-bond acceptors (Lipinski definition) is 7. The van der Waals surface area contributed by atoms with Crippen LogP contribution in [0.25, 0.3) is 0 Å². The van der Waals surface area contributed by atoms with Crippen molar-refractivity contribution in [1.29, 1.82) is 0 Å². The van der Waals surface area contributed by atoms with Crippen molar-refractivity contribution in [2.45, 2.75) is 83.3 Å². The summed E-state index contributed by atoms with van der Waals surface area (Å²) in [5.41, 5.74) is -4.54. The van der Waals surface area contributed by atoms with Gasteiger partial charge in [0.15, 0.2) is 5.15 Å². The maximum atomic E-state index is 14.0. The van der Waals surface area contributed by atoms with Crippen LogP contribution < -0.4 is 19.0 Å². The van der Waals surface area contributed by atoms with Gasteiger partial charge in [0.1, 0.15) is 34.7 Å². The number of aromatic nitrogens is 2. The van der Waals surface area contributed by atoms with Crippen molar-refractivity contribution in [1.82, 2.24) is 9.78 Å². The van der Waals surface area contributed by atoms with E-state index in [2.05, 4.69) is 5.10 Å². The summed E-state index contributed by atoms with van der Waals surface area (Å²) >= 11 is 6.17. The lowest BCUT2D eigenvalue weighted by Gasteiger charge is -2.44. The van der Waals surface area contributed by atoms with E-state index >= 15 is 0 Å². The monoisotopic (exact) mass is 593 g/mol. The molecule has 0 unspecified atom stereocenters. The van der Waals surface area contributed by atoms with Crippen LogP contribution in [0.3, 0.4) is 0 Å². The molecule has 10 nitrogen and oxygen atoms in total. The summed E-state index contributed by atoms with van der Waals surface area (Å²) < 4.78 is 77.7. The lowest BCUT2D eigenvalue weighted by Crippen LogP contribution is -2.60. The molecular formula is C24H29ClF3N4O6S-. The highest BCUT2D eigenvalue weighted by molar-refractivity contribution is 7.93. The molecule has 2 atom stereocenters. The van der Waals surface area contributed by atoms with E-state index in [9.17, 15) is 36.3 Å². The number of hydrogen-bond donors (Lipinski definition) is 0. The average molecular weight is 594 g/mol. The summed E-state index contributed by atoms with van der Waals surface area (Å²) in [6.07, 6.45) is -5.98. The molecule has 0 aliphatic carbocycles. The second-order valence-electron chi connectivity index (χ2n) is 10.5. The Morgan fingerprint density at radius 1 is 1.26 bits per heavy atom. The average Bonchev–Trinajstić information content (AvgIpc) is 3.20. The summed E-state index contributed by atoms with van der Waals surface area (Å²) in [7, 11) is -4.52. The highest BCUT2D eigenvalue weighted by Gasteiger charge is 2.53. The number of aryl methyl sites for hydroxylation is 1. The normalized spacial score (nSPS) is 18.4. The highest BCUT2D eigenvalue weighted by Crippen LogP contribution is 2.46. The molecule has 0 saturated heterocycles. The number of benzene rings is 1. The van der Waals surface area contributed by atoms with Crippen LogP contribution in [-0.2, 0) is 21.4 Å². The number of nitrogens with zero attached hydrogens (tertiary/aromatic N) is 4. The van der Waals surface area contributed by atoms with Crippen LogP contribution in [0.4, 0.5) is 29.3 Å². The van der Waals surface area contributed by atoms with Crippen LogP contribution in [0.2, 0.25) is 5.15 Å². The largest absolute Gasteiger partial charge is 0.530 e. The van der Waals surface area contributed by atoms with Crippen molar-refractivity contribution in [3.05, 3.63) is 29.5 Å². The number of aldehydes is 1. The first-order valence-electron chi connectivity index (χ1n) is 11.9. The molecule has 0 N–H and O–H groups in total. The molecule has 2 aromatic rings. The topological polar surface area (TPSA) is 125 Å². The van der Waals surface area contributed by atoms with E-state index in [0.29, 0.717) is 26.7 Å². The molecule has 1 aliphatic heterocycles. The fraction of sp³-hybridized carbons (Fsp3) is 0.542. The van der Waals surface area contributed by atoms with Gasteiger partial charge in [-0.3, -0.25) is 8.99 Å². The lowest BCUT2D eigenvalue weighted by atomic mass is 9.86. The molecule has 0 saturated carbocycles. The molecule has 2 heterocycles. The van der Waals surface area contributed by atoms with E-state index in [4.69, 9.17) is 16.3 Å². The molecule has 1 aromatic heterocycles. The minimum absolute atomic E-state index is 0.00638. The lowest BCUT2D eigenvalue weighted by molar-refractivity contribution is -0.254. The van der Waals surface area contributed by atoms with Crippen molar-refractivity contribution >= 4 is 45.4 Å². The van der Waals surface area contributed by atoms with Gasteiger partial charge in [0.25, 0.3) is 10.0 Å². The minimum Gasteiger partial charge on any atom is -0.530 e. The van der Waals surface area contributed by atoms with Crippen molar-refractivity contribution in [2.75, 3.05) is 9.21 Å². The first-order chi connectivity index (χ1) is 17.8. The van der Waals surface area contributed by atoms with E-state index in [0.717, 1.165) is 16.4 Å². The molecule has 1 aromatic carbocycles. The molecule has 0 radical (unpaired) electrons. The number of alkyl halides is 3. The fourth-order valence-corrected chi connectivity index (χ4v) is 6.41. The van der Waals surface area contributed by atoms with Crippen LogP contribution in [0, 0.1) is 5.41 Å². The summed E-state index contributed by atoms with van der Waals surface area (Å²) in [6.45, 7) is 8.13. The summed E-state index contributed by atoms with van der Waals surface area (Å²) in [5.74, 6) is -0.0470. The Labute approximate surface area is 229 Å².